The van der Waals surface area contributed by atoms with E-state index >= 15 is 0 Å². The molecule has 124 valence electrons. The molecule has 2 aromatic heterocycles. The van der Waals surface area contributed by atoms with Gasteiger partial charge in [0.2, 0.25) is 5.89 Å². The van der Waals surface area contributed by atoms with Gasteiger partial charge in [0.05, 0.1) is 19.3 Å². The van der Waals surface area contributed by atoms with Crippen LogP contribution in [0, 0.1) is 0 Å². The van der Waals surface area contributed by atoms with Crippen LogP contribution in [-0.4, -0.2) is 39.4 Å². The topological polar surface area (TPSA) is 84.8 Å². The van der Waals surface area contributed by atoms with Crippen LogP contribution in [0.2, 0.25) is 0 Å². The monoisotopic (exact) mass is 319 g/mol. The standard InChI is InChI=1S/C16H21N3O4/c1-10-14(16-17-15(18-23-16)11-2-3-11)19(6-7-21-10)8-12-4-5-13(9-20)22-12/h4-5,10-11,14,20H,2-3,6-9H2,1H3/t10-,14+/m1/s1. The Hall–Kier alpha value is -1.70. The zero-order valence-electron chi connectivity index (χ0n) is 13.1. The van der Waals surface area contributed by atoms with Crippen LogP contribution >= 0.6 is 0 Å². The van der Waals surface area contributed by atoms with Gasteiger partial charge in [-0.3, -0.25) is 4.90 Å². The van der Waals surface area contributed by atoms with Gasteiger partial charge in [-0.2, -0.15) is 4.98 Å². The molecule has 0 bridgehead atoms. The van der Waals surface area contributed by atoms with Gasteiger partial charge in [0.15, 0.2) is 5.82 Å². The molecule has 0 amide bonds. The van der Waals surface area contributed by atoms with E-state index in [0.717, 1.165) is 31.0 Å². The second-order valence-corrected chi connectivity index (χ2v) is 6.28. The average molecular weight is 319 g/mol. The first-order valence-electron chi connectivity index (χ1n) is 8.12. The Bertz CT molecular complexity index is 664. The largest absolute Gasteiger partial charge is 0.462 e. The van der Waals surface area contributed by atoms with E-state index in [9.17, 15) is 0 Å². The number of aliphatic hydroxyl groups is 1. The second-order valence-electron chi connectivity index (χ2n) is 6.28. The maximum absolute atomic E-state index is 9.13. The van der Waals surface area contributed by atoms with Crippen molar-refractivity contribution in [3.8, 4) is 0 Å². The summed E-state index contributed by atoms with van der Waals surface area (Å²) in [4.78, 5) is 6.82. The molecule has 2 aliphatic rings. The minimum absolute atomic E-state index is 0.0245. The number of aliphatic hydroxyl groups excluding tert-OH is 1. The first kappa shape index (κ1) is 14.9. The fraction of sp³-hybridized carbons (Fsp3) is 0.625. The third-order valence-corrected chi connectivity index (χ3v) is 4.48. The lowest BCUT2D eigenvalue weighted by Crippen LogP contribution is -2.43. The van der Waals surface area contributed by atoms with Gasteiger partial charge >= 0.3 is 0 Å². The zero-order valence-corrected chi connectivity index (χ0v) is 13.1. The molecule has 0 aromatic carbocycles. The number of nitrogens with zero attached hydrogens (tertiary/aromatic N) is 3. The summed E-state index contributed by atoms with van der Waals surface area (Å²) in [6, 6.07) is 3.62. The van der Waals surface area contributed by atoms with E-state index in [2.05, 4.69) is 15.0 Å². The molecule has 2 aromatic rings. The van der Waals surface area contributed by atoms with Crippen molar-refractivity contribution >= 4 is 0 Å². The number of morpholine rings is 1. The fourth-order valence-corrected chi connectivity index (χ4v) is 3.08. The van der Waals surface area contributed by atoms with E-state index in [0.29, 0.717) is 30.7 Å². The molecule has 23 heavy (non-hydrogen) atoms. The smallest absolute Gasteiger partial charge is 0.246 e. The number of hydrogen-bond donors (Lipinski definition) is 1. The lowest BCUT2D eigenvalue weighted by Gasteiger charge is -2.37. The van der Waals surface area contributed by atoms with Gasteiger partial charge < -0.3 is 18.8 Å². The zero-order chi connectivity index (χ0) is 15.8. The molecule has 2 fully saturated rings. The lowest BCUT2D eigenvalue weighted by molar-refractivity contribution is -0.0782. The van der Waals surface area contributed by atoms with E-state index in [1.165, 1.54) is 0 Å². The molecule has 7 nitrogen and oxygen atoms in total. The van der Waals surface area contributed by atoms with Crippen LogP contribution in [0.25, 0.3) is 0 Å². The summed E-state index contributed by atoms with van der Waals surface area (Å²) in [5.74, 6) is 3.30. The molecule has 1 N–H and O–H groups in total. The van der Waals surface area contributed by atoms with Crippen LogP contribution in [0.1, 0.15) is 55.0 Å². The highest BCUT2D eigenvalue weighted by atomic mass is 16.5. The van der Waals surface area contributed by atoms with Crippen molar-refractivity contribution in [2.75, 3.05) is 13.2 Å². The lowest BCUT2D eigenvalue weighted by atomic mass is 10.1. The summed E-state index contributed by atoms with van der Waals surface area (Å²) in [5.41, 5.74) is 0. The Morgan fingerprint density at radius 2 is 2.13 bits per heavy atom. The van der Waals surface area contributed by atoms with Gasteiger partial charge in [-0.25, -0.2) is 0 Å². The highest BCUT2D eigenvalue weighted by Crippen LogP contribution is 2.39. The molecular weight excluding hydrogens is 298 g/mol. The molecule has 7 heteroatoms. The van der Waals surface area contributed by atoms with Crippen molar-refractivity contribution in [2.45, 2.75) is 51.0 Å². The first-order chi connectivity index (χ1) is 11.2. The van der Waals surface area contributed by atoms with Gasteiger partial charge in [0.1, 0.15) is 24.2 Å². The van der Waals surface area contributed by atoms with E-state index in [1.54, 1.807) is 6.07 Å². The van der Waals surface area contributed by atoms with E-state index in [4.69, 9.17) is 18.8 Å². The van der Waals surface area contributed by atoms with Crippen LogP contribution in [0.5, 0.6) is 0 Å². The Morgan fingerprint density at radius 1 is 1.30 bits per heavy atom. The maximum atomic E-state index is 9.13. The molecule has 0 unspecified atom stereocenters. The third kappa shape index (κ3) is 3.04. The SMILES string of the molecule is C[C@H]1OCCN(Cc2ccc(CO)o2)[C@@H]1c1nc(C2CC2)no1. The number of rotatable bonds is 5. The Morgan fingerprint density at radius 3 is 2.87 bits per heavy atom. The van der Waals surface area contributed by atoms with Crippen molar-refractivity contribution in [3.05, 3.63) is 35.4 Å². The number of aromatic nitrogens is 2. The molecule has 2 atom stereocenters. The van der Waals surface area contributed by atoms with E-state index in [1.807, 2.05) is 13.0 Å². The molecular formula is C16H21N3O4. The molecule has 3 heterocycles. The minimum Gasteiger partial charge on any atom is -0.462 e. The number of ether oxygens (including phenoxy) is 1. The first-order valence-corrected chi connectivity index (χ1v) is 8.12. The fourth-order valence-electron chi connectivity index (χ4n) is 3.08. The predicted octanol–water partition coefficient (Wildman–Crippen LogP) is 1.99. The van der Waals surface area contributed by atoms with Crippen LogP contribution < -0.4 is 0 Å². The molecule has 1 aliphatic carbocycles. The summed E-state index contributed by atoms with van der Waals surface area (Å²) in [5, 5.41) is 13.3. The van der Waals surface area contributed by atoms with Gasteiger partial charge in [-0.05, 0) is 31.9 Å². The summed E-state index contributed by atoms with van der Waals surface area (Å²) in [6.07, 6.45) is 2.27. The Balaban J connectivity index is 1.54. The van der Waals surface area contributed by atoms with Crippen molar-refractivity contribution in [3.63, 3.8) is 0 Å². The van der Waals surface area contributed by atoms with E-state index in [-0.39, 0.29) is 18.8 Å². The van der Waals surface area contributed by atoms with Gasteiger partial charge in [0.25, 0.3) is 0 Å². The second kappa shape index (κ2) is 6.07. The molecule has 1 saturated heterocycles. The summed E-state index contributed by atoms with van der Waals surface area (Å²) < 4.78 is 16.9. The quantitative estimate of drug-likeness (QED) is 0.902. The Kier molecular flexibility index (Phi) is 3.92. The highest BCUT2D eigenvalue weighted by molar-refractivity contribution is 5.09. The minimum atomic E-state index is -0.0860. The summed E-state index contributed by atoms with van der Waals surface area (Å²) in [7, 11) is 0. The molecule has 0 radical (unpaired) electrons. The molecule has 4 rings (SSSR count). The summed E-state index contributed by atoms with van der Waals surface area (Å²) in [6.45, 7) is 4.00. The molecule has 1 aliphatic heterocycles. The van der Waals surface area contributed by atoms with Gasteiger partial charge in [-0.1, -0.05) is 5.16 Å². The predicted molar refractivity (Wildman–Crippen MR) is 79.5 cm³/mol. The Labute approximate surface area is 134 Å². The normalized spacial score (nSPS) is 25.8. The van der Waals surface area contributed by atoms with Crippen LogP contribution in [0.4, 0.5) is 0 Å². The molecule has 0 spiro atoms. The van der Waals surface area contributed by atoms with Crippen molar-refractivity contribution < 1.29 is 18.8 Å². The van der Waals surface area contributed by atoms with Crippen LogP contribution in [-0.2, 0) is 17.9 Å². The maximum Gasteiger partial charge on any atom is 0.246 e. The van der Waals surface area contributed by atoms with Crippen molar-refractivity contribution in [1.29, 1.82) is 0 Å². The van der Waals surface area contributed by atoms with Gasteiger partial charge in [-0.15, -0.1) is 0 Å². The van der Waals surface area contributed by atoms with E-state index < -0.39 is 0 Å². The van der Waals surface area contributed by atoms with Crippen molar-refractivity contribution in [1.82, 2.24) is 15.0 Å². The van der Waals surface area contributed by atoms with Crippen LogP contribution in [0.15, 0.2) is 21.1 Å². The third-order valence-electron chi connectivity index (χ3n) is 4.48. The van der Waals surface area contributed by atoms with Gasteiger partial charge in [0, 0.05) is 12.5 Å². The summed E-state index contributed by atoms with van der Waals surface area (Å²) >= 11 is 0. The molecule has 1 saturated carbocycles. The average Bonchev–Trinajstić information content (AvgIpc) is 3.11. The van der Waals surface area contributed by atoms with Crippen LogP contribution in [0.3, 0.4) is 0 Å². The van der Waals surface area contributed by atoms with Crippen molar-refractivity contribution in [2.24, 2.45) is 0 Å². The highest BCUT2D eigenvalue weighted by Gasteiger charge is 2.37. The number of hydrogen-bond acceptors (Lipinski definition) is 7. The number of furan rings is 1.